The van der Waals surface area contributed by atoms with Crippen molar-refractivity contribution < 1.29 is 24.2 Å². The van der Waals surface area contributed by atoms with Crippen LogP contribution in [0.15, 0.2) is 24.3 Å². The van der Waals surface area contributed by atoms with Crippen molar-refractivity contribution in [3.8, 4) is 5.75 Å². The summed E-state index contributed by atoms with van der Waals surface area (Å²) in [6, 6.07) is 5.45. The molecule has 8 nitrogen and oxygen atoms in total. The number of alkyl carbamates (subject to hydrolysis) is 1. The molecule has 1 aromatic rings. The number of phenolic OH excluding ortho intramolecular Hbond substituents is 1. The molecule has 1 aromatic carbocycles. The van der Waals surface area contributed by atoms with Crippen LogP contribution in [-0.2, 0) is 14.3 Å². The number of unbranched alkanes of at least 4 members (excludes halogenated alkanes) is 1. The first-order chi connectivity index (χ1) is 14.6. The fraction of sp³-hybridized carbons (Fsp3) is 0.609. The molecule has 0 spiro atoms. The number of aromatic hydroxyl groups is 1. The average molecular weight is 434 g/mol. The van der Waals surface area contributed by atoms with Crippen molar-refractivity contribution in [2.24, 2.45) is 0 Å². The quantitative estimate of drug-likeness (QED) is 0.518. The third-order valence-electron chi connectivity index (χ3n) is 5.13. The first-order valence-electron chi connectivity index (χ1n) is 11.0. The molecule has 1 aliphatic carbocycles. The van der Waals surface area contributed by atoms with Gasteiger partial charge in [-0.2, -0.15) is 0 Å². The Kier molecular flexibility index (Phi) is 8.71. The Balaban J connectivity index is 2.26. The van der Waals surface area contributed by atoms with E-state index >= 15 is 0 Å². The lowest BCUT2D eigenvalue weighted by molar-refractivity contribution is -0.145. The molecule has 0 aromatic heterocycles. The number of phenols is 1. The van der Waals surface area contributed by atoms with Crippen molar-refractivity contribution in [2.45, 2.75) is 77.5 Å². The van der Waals surface area contributed by atoms with E-state index in [0.717, 1.165) is 32.1 Å². The molecule has 0 heterocycles. The highest BCUT2D eigenvalue weighted by atomic mass is 16.6. The van der Waals surface area contributed by atoms with E-state index in [1.807, 2.05) is 6.92 Å². The summed E-state index contributed by atoms with van der Waals surface area (Å²) in [4.78, 5) is 39.9. The highest BCUT2D eigenvalue weighted by Crippen LogP contribution is 2.36. The number of benzene rings is 1. The molecule has 1 fully saturated rings. The number of rotatable bonds is 9. The summed E-state index contributed by atoms with van der Waals surface area (Å²) in [7, 11) is 0. The summed E-state index contributed by atoms with van der Waals surface area (Å²) >= 11 is 0. The molecule has 1 aliphatic rings. The van der Waals surface area contributed by atoms with Gasteiger partial charge in [0.15, 0.2) is 0 Å². The molecule has 0 saturated heterocycles. The lowest BCUT2D eigenvalue weighted by Gasteiger charge is -2.42. The fourth-order valence-corrected chi connectivity index (χ4v) is 3.40. The van der Waals surface area contributed by atoms with Crippen molar-refractivity contribution in [1.29, 1.82) is 0 Å². The molecule has 31 heavy (non-hydrogen) atoms. The second-order valence-corrected chi connectivity index (χ2v) is 8.85. The molecule has 1 unspecified atom stereocenters. The molecule has 172 valence electrons. The number of hydrogen-bond donors (Lipinski definition) is 3. The zero-order chi connectivity index (χ0) is 23.0. The molecule has 8 heteroatoms. The van der Waals surface area contributed by atoms with Gasteiger partial charge in [0, 0.05) is 18.2 Å². The van der Waals surface area contributed by atoms with Crippen LogP contribution in [0.3, 0.4) is 0 Å². The minimum Gasteiger partial charge on any atom is -0.508 e. The number of ether oxygens (including phenoxy) is 1. The Morgan fingerprint density at radius 1 is 1.19 bits per heavy atom. The van der Waals surface area contributed by atoms with E-state index in [1.165, 1.54) is 11.0 Å². The van der Waals surface area contributed by atoms with Crippen molar-refractivity contribution >= 4 is 17.9 Å². The fourth-order valence-electron chi connectivity index (χ4n) is 3.40. The van der Waals surface area contributed by atoms with Gasteiger partial charge in [-0.3, -0.25) is 9.59 Å². The van der Waals surface area contributed by atoms with E-state index in [0.29, 0.717) is 12.1 Å². The first kappa shape index (κ1) is 24.5. The van der Waals surface area contributed by atoms with Crippen LogP contribution in [-0.4, -0.2) is 52.6 Å². The van der Waals surface area contributed by atoms with Crippen LogP contribution in [0.25, 0.3) is 0 Å². The Morgan fingerprint density at radius 2 is 1.87 bits per heavy atom. The zero-order valence-electron chi connectivity index (χ0n) is 18.9. The van der Waals surface area contributed by atoms with E-state index in [4.69, 9.17) is 4.74 Å². The second-order valence-electron chi connectivity index (χ2n) is 8.85. The molecular formula is C23H35N3O5. The Hall–Kier alpha value is -2.77. The van der Waals surface area contributed by atoms with E-state index in [9.17, 15) is 19.5 Å². The van der Waals surface area contributed by atoms with E-state index in [2.05, 4.69) is 10.6 Å². The summed E-state index contributed by atoms with van der Waals surface area (Å²) < 4.78 is 5.21. The third-order valence-corrected chi connectivity index (χ3v) is 5.13. The van der Waals surface area contributed by atoms with Crippen molar-refractivity contribution in [3.05, 3.63) is 29.8 Å². The number of carbonyl (C=O) groups excluding carboxylic acids is 3. The summed E-state index contributed by atoms with van der Waals surface area (Å²) in [5.41, 5.74) is -0.313. The molecule has 1 atom stereocenters. The lowest BCUT2D eigenvalue weighted by atomic mass is 9.88. The molecule has 3 amide bonds. The van der Waals surface area contributed by atoms with Crippen LogP contribution in [0.2, 0.25) is 0 Å². The van der Waals surface area contributed by atoms with Crippen LogP contribution in [0.4, 0.5) is 4.79 Å². The number of hydrogen-bond acceptors (Lipinski definition) is 5. The molecular weight excluding hydrogens is 398 g/mol. The van der Waals surface area contributed by atoms with Gasteiger partial charge in [-0.25, -0.2) is 4.79 Å². The maximum atomic E-state index is 13.2. The Morgan fingerprint density at radius 3 is 2.42 bits per heavy atom. The van der Waals surface area contributed by atoms with Gasteiger partial charge in [-0.1, -0.05) is 31.5 Å². The Labute approximate surface area is 184 Å². The molecule has 1 saturated carbocycles. The van der Waals surface area contributed by atoms with Gasteiger partial charge < -0.3 is 25.4 Å². The largest absolute Gasteiger partial charge is 0.508 e. The summed E-state index contributed by atoms with van der Waals surface area (Å²) in [5.74, 6) is -0.780. The normalized spacial score (nSPS) is 14.8. The lowest BCUT2D eigenvalue weighted by Crippen LogP contribution is -2.54. The zero-order valence-corrected chi connectivity index (χ0v) is 18.9. The van der Waals surface area contributed by atoms with Gasteiger partial charge in [0.1, 0.15) is 23.9 Å². The Bertz CT molecular complexity index is 771. The topological polar surface area (TPSA) is 108 Å². The number of amides is 3. The van der Waals surface area contributed by atoms with Gasteiger partial charge in [0.2, 0.25) is 11.8 Å². The van der Waals surface area contributed by atoms with E-state index in [1.54, 1.807) is 39.0 Å². The van der Waals surface area contributed by atoms with Crippen LogP contribution >= 0.6 is 0 Å². The second kappa shape index (κ2) is 11.0. The van der Waals surface area contributed by atoms with Crippen LogP contribution in [0.5, 0.6) is 5.75 Å². The molecule has 2 rings (SSSR count). The summed E-state index contributed by atoms with van der Waals surface area (Å²) in [5, 5.41) is 15.8. The monoisotopic (exact) mass is 433 g/mol. The molecule has 3 N–H and O–H groups in total. The smallest absolute Gasteiger partial charge is 0.408 e. The highest BCUT2D eigenvalue weighted by molar-refractivity contribution is 5.91. The SMILES string of the molecule is CCCCNC(=O)C(c1ccccc1O)N(C(=O)CNC(=O)OC(C)(C)C)C1CCC1. The van der Waals surface area contributed by atoms with Crippen molar-refractivity contribution in [2.75, 3.05) is 13.1 Å². The van der Waals surface area contributed by atoms with Crippen LogP contribution < -0.4 is 10.6 Å². The molecule has 0 bridgehead atoms. The number of carbonyl (C=O) groups is 3. The van der Waals surface area contributed by atoms with Gasteiger partial charge in [-0.05, 0) is 52.5 Å². The van der Waals surface area contributed by atoms with E-state index in [-0.39, 0.29) is 24.2 Å². The minimum atomic E-state index is -0.976. The number of nitrogens with one attached hydrogen (secondary N) is 2. The van der Waals surface area contributed by atoms with Crippen molar-refractivity contribution in [3.63, 3.8) is 0 Å². The molecule has 0 radical (unpaired) electrons. The van der Waals surface area contributed by atoms with Crippen LogP contribution in [0.1, 0.15) is 71.4 Å². The highest BCUT2D eigenvalue weighted by Gasteiger charge is 2.39. The maximum Gasteiger partial charge on any atom is 0.408 e. The standard InChI is InChI=1S/C23H35N3O5/c1-5-6-14-24-21(29)20(17-12-7-8-13-18(17)27)26(16-10-9-11-16)19(28)15-25-22(30)31-23(2,3)4/h7-8,12-13,16,20,27H,5-6,9-11,14-15H2,1-4H3,(H,24,29)(H,25,30). The van der Waals surface area contributed by atoms with Gasteiger partial charge >= 0.3 is 6.09 Å². The maximum absolute atomic E-state index is 13.2. The number of para-hydroxylation sites is 1. The number of nitrogens with zero attached hydrogens (tertiary/aromatic N) is 1. The van der Waals surface area contributed by atoms with Gasteiger partial charge in [-0.15, -0.1) is 0 Å². The van der Waals surface area contributed by atoms with Gasteiger partial charge in [0.05, 0.1) is 0 Å². The molecule has 0 aliphatic heterocycles. The first-order valence-corrected chi connectivity index (χ1v) is 11.0. The predicted octanol–water partition coefficient (Wildman–Crippen LogP) is 3.26. The average Bonchev–Trinajstić information content (AvgIpc) is 2.64. The summed E-state index contributed by atoms with van der Waals surface area (Å²) in [6.45, 7) is 7.44. The minimum absolute atomic E-state index is 0.0460. The van der Waals surface area contributed by atoms with Gasteiger partial charge in [0.25, 0.3) is 0 Å². The van der Waals surface area contributed by atoms with Crippen LogP contribution in [0, 0.1) is 0 Å². The summed E-state index contributed by atoms with van der Waals surface area (Å²) in [6.07, 6.45) is 3.54. The van der Waals surface area contributed by atoms with Crippen molar-refractivity contribution in [1.82, 2.24) is 15.5 Å². The third kappa shape index (κ3) is 7.15. The predicted molar refractivity (Wildman–Crippen MR) is 117 cm³/mol. The van der Waals surface area contributed by atoms with E-state index < -0.39 is 23.6 Å².